The molecule has 2 unspecified atom stereocenters. The topological polar surface area (TPSA) is 46.2 Å². The van der Waals surface area contributed by atoms with Crippen LogP contribution in [0.25, 0.3) is 0 Å². The van der Waals surface area contributed by atoms with E-state index in [2.05, 4.69) is 22.5 Å². The molecule has 1 aliphatic rings. The Bertz CT molecular complexity index is 364. The first-order valence-corrected chi connectivity index (χ1v) is 6.73. The lowest BCUT2D eigenvalue weighted by atomic mass is 10.1. The van der Waals surface area contributed by atoms with Crippen molar-refractivity contribution in [1.29, 1.82) is 0 Å². The van der Waals surface area contributed by atoms with Crippen molar-refractivity contribution in [3.63, 3.8) is 0 Å². The van der Waals surface area contributed by atoms with E-state index >= 15 is 0 Å². The van der Waals surface area contributed by atoms with Gasteiger partial charge >= 0.3 is 0 Å². The quantitative estimate of drug-likeness (QED) is 0.805. The maximum Gasteiger partial charge on any atom is 0.213 e. The number of nitrogens with zero attached hydrogens (tertiary/aromatic N) is 1. The zero-order valence-corrected chi connectivity index (χ0v) is 11.3. The number of nitrogens with one attached hydrogen (secondary N) is 2. The monoisotopic (exact) mass is 249 g/mol. The number of pyridine rings is 1. The van der Waals surface area contributed by atoms with Gasteiger partial charge in [-0.1, -0.05) is 0 Å². The van der Waals surface area contributed by atoms with Crippen molar-refractivity contribution < 1.29 is 4.74 Å². The molecule has 1 saturated heterocycles. The summed E-state index contributed by atoms with van der Waals surface area (Å²) in [5.41, 5.74) is 1.22. The van der Waals surface area contributed by atoms with Gasteiger partial charge in [-0.2, -0.15) is 0 Å². The van der Waals surface area contributed by atoms with Gasteiger partial charge in [-0.05, 0) is 44.4 Å². The molecule has 1 aliphatic heterocycles. The van der Waals surface area contributed by atoms with E-state index in [0.717, 1.165) is 6.54 Å². The summed E-state index contributed by atoms with van der Waals surface area (Å²) in [4.78, 5) is 4.11. The molecule has 0 aliphatic carbocycles. The molecule has 0 bridgehead atoms. The fraction of sp³-hybridized carbons (Fsp3) is 0.643. The van der Waals surface area contributed by atoms with Gasteiger partial charge in [0, 0.05) is 30.9 Å². The molecule has 2 atom stereocenters. The predicted molar refractivity (Wildman–Crippen MR) is 72.7 cm³/mol. The lowest BCUT2D eigenvalue weighted by Crippen LogP contribution is -2.33. The van der Waals surface area contributed by atoms with Crippen LogP contribution in [0.15, 0.2) is 18.3 Å². The normalized spacial score (nSPS) is 20.9. The Labute approximate surface area is 109 Å². The summed E-state index contributed by atoms with van der Waals surface area (Å²) in [7, 11) is 1.65. The smallest absolute Gasteiger partial charge is 0.213 e. The van der Waals surface area contributed by atoms with E-state index in [4.69, 9.17) is 4.74 Å². The van der Waals surface area contributed by atoms with E-state index in [-0.39, 0.29) is 0 Å². The van der Waals surface area contributed by atoms with Crippen molar-refractivity contribution in [2.45, 2.75) is 44.8 Å². The second-order valence-electron chi connectivity index (χ2n) is 5.02. The molecule has 0 aromatic carbocycles. The molecule has 2 heterocycles. The van der Waals surface area contributed by atoms with E-state index < -0.39 is 0 Å². The third kappa shape index (κ3) is 3.96. The van der Waals surface area contributed by atoms with Crippen LogP contribution in [0.5, 0.6) is 5.88 Å². The summed E-state index contributed by atoms with van der Waals surface area (Å²) in [6, 6.07) is 5.23. The first-order chi connectivity index (χ1) is 8.78. The summed E-state index contributed by atoms with van der Waals surface area (Å²) in [6.07, 6.45) is 5.62. The van der Waals surface area contributed by atoms with Gasteiger partial charge in [0.1, 0.15) is 0 Å². The standard InChI is InChI=1S/C14H23N3O/c1-11(8-13-4-3-6-15-13)17-10-12-5-7-16-14(9-12)18-2/h5,7,9,11,13,15,17H,3-4,6,8,10H2,1-2H3. The maximum absolute atomic E-state index is 5.12. The first kappa shape index (κ1) is 13.3. The predicted octanol–water partition coefficient (Wildman–Crippen LogP) is 1.71. The van der Waals surface area contributed by atoms with Crippen molar-refractivity contribution in [2.24, 2.45) is 0 Å². The summed E-state index contributed by atoms with van der Waals surface area (Å²) < 4.78 is 5.12. The number of hydrogen-bond acceptors (Lipinski definition) is 4. The average molecular weight is 249 g/mol. The van der Waals surface area contributed by atoms with Gasteiger partial charge in [0.25, 0.3) is 0 Å². The van der Waals surface area contributed by atoms with Crippen LogP contribution >= 0.6 is 0 Å². The molecule has 0 saturated carbocycles. The molecule has 0 radical (unpaired) electrons. The summed E-state index contributed by atoms with van der Waals surface area (Å²) >= 11 is 0. The van der Waals surface area contributed by atoms with Crippen LogP contribution in [-0.4, -0.2) is 30.7 Å². The van der Waals surface area contributed by atoms with Gasteiger partial charge in [-0.3, -0.25) is 0 Å². The first-order valence-electron chi connectivity index (χ1n) is 6.73. The second kappa shape index (κ2) is 6.71. The van der Waals surface area contributed by atoms with Gasteiger partial charge in [0.2, 0.25) is 5.88 Å². The molecule has 1 aromatic heterocycles. The SMILES string of the molecule is COc1cc(CNC(C)CC2CCCN2)ccn1. The third-order valence-corrected chi connectivity index (χ3v) is 3.46. The third-order valence-electron chi connectivity index (χ3n) is 3.46. The van der Waals surface area contributed by atoms with Crippen LogP contribution in [-0.2, 0) is 6.54 Å². The molecule has 18 heavy (non-hydrogen) atoms. The molecule has 2 rings (SSSR count). The average Bonchev–Trinajstić information content (AvgIpc) is 2.89. The molecular weight excluding hydrogens is 226 g/mol. The molecule has 1 aromatic rings. The largest absolute Gasteiger partial charge is 0.481 e. The Kier molecular flexibility index (Phi) is 4.96. The van der Waals surface area contributed by atoms with E-state index in [1.807, 2.05) is 12.1 Å². The highest BCUT2D eigenvalue weighted by Crippen LogP contribution is 2.12. The van der Waals surface area contributed by atoms with Crippen molar-refractivity contribution in [3.05, 3.63) is 23.9 Å². The Morgan fingerprint density at radius 3 is 3.22 bits per heavy atom. The number of aromatic nitrogens is 1. The summed E-state index contributed by atoms with van der Waals surface area (Å²) in [5, 5.41) is 7.09. The summed E-state index contributed by atoms with van der Waals surface area (Å²) in [5.74, 6) is 0.680. The Morgan fingerprint density at radius 1 is 1.61 bits per heavy atom. The van der Waals surface area contributed by atoms with Crippen LogP contribution in [0.3, 0.4) is 0 Å². The molecule has 0 amide bonds. The molecule has 2 N–H and O–H groups in total. The van der Waals surface area contributed by atoms with Gasteiger partial charge in [0.15, 0.2) is 0 Å². The molecule has 4 nitrogen and oxygen atoms in total. The van der Waals surface area contributed by atoms with E-state index in [1.54, 1.807) is 13.3 Å². The highest BCUT2D eigenvalue weighted by atomic mass is 16.5. The fourth-order valence-electron chi connectivity index (χ4n) is 2.43. The van der Waals surface area contributed by atoms with Crippen molar-refractivity contribution >= 4 is 0 Å². The van der Waals surface area contributed by atoms with Gasteiger partial charge in [0.05, 0.1) is 7.11 Å². The van der Waals surface area contributed by atoms with Crippen LogP contribution in [0, 0.1) is 0 Å². The Hall–Kier alpha value is -1.13. The minimum absolute atomic E-state index is 0.528. The van der Waals surface area contributed by atoms with Crippen molar-refractivity contribution in [1.82, 2.24) is 15.6 Å². The van der Waals surface area contributed by atoms with Gasteiger partial charge in [-0.25, -0.2) is 4.98 Å². The van der Waals surface area contributed by atoms with Crippen LogP contribution in [0.4, 0.5) is 0 Å². The zero-order valence-electron chi connectivity index (χ0n) is 11.3. The van der Waals surface area contributed by atoms with E-state index in [0.29, 0.717) is 18.0 Å². The van der Waals surface area contributed by atoms with E-state index in [1.165, 1.54) is 31.4 Å². The Morgan fingerprint density at radius 2 is 2.50 bits per heavy atom. The maximum atomic E-state index is 5.12. The molecule has 4 heteroatoms. The summed E-state index contributed by atoms with van der Waals surface area (Å²) in [6.45, 7) is 4.30. The number of ether oxygens (including phenoxy) is 1. The van der Waals surface area contributed by atoms with Crippen molar-refractivity contribution in [3.8, 4) is 5.88 Å². The van der Waals surface area contributed by atoms with Crippen LogP contribution < -0.4 is 15.4 Å². The van der Waals surface area contributed by atoms with Gasteiger partial charge in [-0.15, -0.1) is 0 Å². The minimum atomic E-state index is 0.528. The lowest BCUT2D eigenvalue weighted by Gasteiger charge is -2.18. The second-order valence-corrected chi connectivity index (χ2v) is 5.02. The molecule has 0 spiro atoms. The lowest BCUT2D eigenvalue weighted by molar-refractivity contribution is 0.396. The number of hydrogen-bond donors (Lipinski definition) is 2. The highest BCUT2D eigenvalue weighted by molar-refractivity contribution is 5.20. The highest BCUT2D eigenvalue weighted by Gasteiger charge is 2.16. The molecule has 1 fully saturated rings. The Balaban J connectivity index is 1.75. The van der Waals surface area contributed by atoms with E-state index in [9.17, 15) is 0 Å². The van der Waals surface area contributed by atoms with Crippen LogP contribution in [0.1, 0.15) is 31.7 Å². The minimum Gasteiger partial charge on any atom is -0.481 e. The zero-order chi connectivity index (χ0) is 12.8. The van der Waals surface area contributed by atoms with Gasteiger partial charge < -0.3 is 15.4 Å². The van der Waals surface area contributed by atoms with Crippen molar-refractivity contribution in [2.75, 3.05) is 13.7 Å². The molecular formula is C14H23N3O. The number of rotatable bonds is 6. The fourth-order valence-corrected chi connectivity index (χ4v) is 2.43. The number of methoxy groups -OCH3 is 1. The molecule has 100 valence electrons. The van der Waals surface area contributed by atoms with Crippen LogP contribution in [0.2, 0.25) is 0 Å².